The molecule has 0 spiro atoms. The summed E-state index contributed by atoms with van der Waals surface area (Å²) >= 11 is 0. The lowest BCUT2D eigenvalue weighted by Crippen LogP contribution is -2.37. The van der Waals surface area contributed by atoms with Crippen LogP contribution in [0.4, 0.5) is 0 Å². The second-order valence-electron chi connectivity index (χ2n) is 7.46. The summed E-state index contributed by atoms with van der Waals surface area (Å²) in [7, 11) is -3.73. The molecule has 1 aromatic heterocycles. The van der Waals surface area contributed by atoms with Crippen molar-refractivity contribution in [3.8, 4) is 0 Å². The molecule has 2 aliphatic rings. The number of nitrogens with one attached hydrogen (secondary N) is 2. The Balaban J connectivity index is 1.37. The fourth-order valence-corrected chi connectivity index (χ4v) is 5.79. The number of carbonyl (C=O) groups is 2. The van der Waals surface area contributed by atoms with E-state index in [9.17, 15) is 18.0 Å². The van der Waals surface area contributed by atoms with E-state index in [0.717, 1.165) is 18.4 Å². The molecular formula is C21H19N3O4S. The molecule has 0 radical (unpaired) electrons. The van der Waals surface area contributed by atoms with Gasteiger partial charge in [0.05, 0.1) is 16.0 Å². The standard InChI is InChI=1S/C21H19N3O4S/c25-20-16-6-5-14(11-17(16)21(26)23-20)29(27,28)24-9-7-13(8-10-24)18-12-22-19-4-2-1-3-15(18)19/h1-6,11-13,22H,7-10H2,(H,23,25,26). The summed E-state index contributed by atoms with van der Waals surface area (Å²) in [6, 6.07) is 12.2. The molecule has 0 bridgehead atoms. The number of fused-ring (bicyclic) bond motifs is 2. The van der Waals surface area contributed by atoms with Gasteiger partial charge in [-0.25, -0.2) is 8.42 Å². The second kappa shape index (κ2) is 6.53. The minimum atomic E-state index is -3.73. The number of carbonyl (C=O) groups excluding carboxylic acids is 2. The lowest BCUT2D eigenvalue weighted by molar-refractivity contribution is 0.0879. The van der Waals surface area contributed by atoms with E-state index in [1.165, 1.54) is 33.5 Å². The summed E-state index contributed by atoms with van der Waals surface area (Å²) in [4.78, 5) is 26.9. The van der Waals surface area contributed by atoms with Crippen molar-refractivity contribution in [3.63, 3.8) is 0 Å². The Morgan fingerprint density at radius 1 is 0.931 bits per heavy atom. The molecule has 5 rings (SSSR count). The molecule has 0 saturated carbocycles. The number of rotatable bonds is 3. The Labute approximate surface area is 167 Å². The van der Waals surface area contributed by atoms with E-state index in [0.29, 0.717) is 19.0 Å². The topological polar surface area (TPSA) is 99.3 Å². The molecular weight excluding hydrogens is 390 g/mol. The van der Waals surface area contributed by atoms with Crippen molar-refractivity contribution >= 4 is 32.7 Å². The summed E-state index contributed by atoms with van der Waals surface area (Å²) in [6.45, 7) is 0.823. The number of H-pyrrole nitrogens is 1. The van der Waals surface area contributed by atoms with Crippen molar-refractivity contribution in [2.75, 3.05) is 13.1 Å². The monoisotopic (exact) mass is 409 g/mol. The SMILES string of the molecule is O=C1NC(=O)c2cc(S(=O)(=O)N3CCC(c4c[nH]c5ccccc45)CC3)ccc21. The Bertz CT molecular complexity index is 1250. The van der Waals surface area contributed by atoms with Gasteiger partial charge in [-0.2, -0.15) is 4.31 Å². The van der Waals surface area contributed by atoms with Gasteiger partial charge in [0, 0.05) is 30.2 Å². The van der Waals surface area contributed by atoms with Gasteiger partial charge in [0.15, 0.2) is 0 Å². The van der Waals surface area contributed by atoms with Crippen LogP contribution in [0.3, 0.4) is 0 Å². The average molecular weight is 409 g/mol. The summed E-state index contributed by atoms with van der Waals surface area (Å²) in [5.74, 6) is -0.755. The smallest absolute Gasteiger partial charge is 0.258 e. The first-order chi connectivity index (χ1) is 13.9. The molecule has 2 aliphatic heterocycles. The maximum Gasteiger partial charge on any atom is 0.258 e. The van der Waals surface area contributed by atoms with Crippen molar-refractivity contribution in [3.05, 3.63) is 65.4 Å². The van der Waals surface area contributed by atoms with Gasteiger partial charge in [-0.3, -0.25) is 14.9 Å². The molecule has 0 unspecified atom stereocenters. The van der Waals surface area contributed by atoms with Gasteiger partial charge in [0.25, 0.3) is 11.8 Å². The van der Waals surface area contributed by atoms with Gasteiger partial charge in [-0.15, -0.1) is 0 Å². The first-order valence-electron chi connectivity index (χ1n) is 9.51. The number of amides is 2. The van der Waals surface area contributed by atoms with Gasteiger partial charge in [0.1, 0.15) is 0 Å². The van der Waals surface area contributed by atoms with Gasteiger partial charge >= 0.3 is 0 Å². The van der Waals surface area contributed by atoms with E-state index in [1.54, 1.807) is 0 Å². The van der Waals surface area contributed by atoms with Crippen LogP contribution in [0.2, 0.25) is 0 Å². The van der Waals surface area contributed by atoms with E-state index in [-0.39, 0.29) is 16.0 Å². The molecule has 7 nitrogen and oxygen atoms in total. The highest BCUT2D eigenvalue weighted by molar-refractivity contribution is 7.89. The normalized spacial score (nSPS) is 18.2. The van der Waals surface area contributed by atoms with Crippen molar-refractivity contribution in [1.82, 2.24) is 14.6 Å². The van der Waals surface area contributed by atoms with Crippen LogP contribution in [0.25, 0.3) is 10.9 Å². The molecule has 2 aromatic carbocycles. The van der Waals surface area contributed by atoms with E-state index >= 15 is 0 Å². The van der Waals surface area contributed by atoms with E-state index in [1.807, 2.05) is 24.4 Å². The minimum absolute atomic E-state index is 0.0478. The van der Waals surface area contributed by atoms with Crippen LogP contribution in [0.5, 0.6) is 0 Å². The zero-order valence-electron chi connectivity index (χ0n) is 15.5. The number of benzene rings is 2. The van der Waals surface area contributed by atoms with Gasteiger partial charge in [0.2, 0.25) is 10.0 Å². The van der Waals surface area contributed by atoms with Gasteiger partial charge in [-0.05, 0) is 48.6 Å². The predicted octanol–water partition coefficient (Wildman–Crippen LogP) is 2.62. The third kappa shape index (κ3) is 2.87. The Morgan fingerprint density at radius 3 is 2.45 bits per heavy atom. The highest BCUT2D eigenvalue weighted by atomic mass is 32.2. The molecule has 1 fully saturated rings. The van der Waals surface area contributed by atoms with E-state index in [4.69, 9.17) is 0 Å². The van der Waals surface area contributed by atoms with Gasteiger partial charge < -0.3 is 4.98 Å². The van der Waals surface area contributed by atoms with E-state index in [2.05, 4.69) is 16.4 Å². The number of aromatic amines is 1. The van der Waals surface area contributed by atoms with Crippen LogP contribution in [-0.2, 0) is 10.0 Å². The second-order valence-corrected chi connectivity index (χ2v) is 9.40. The maximum absolute atomic E-state index is 13.1. The lowest BCUT2D eigenvalue weighted by Gasteiger charge is -2.31. The predicted molar refractivity (Wildman–Crippen MR) is 107 cm³/mol. The van der Waals surface area contributed by atoms with Gasteiger partial charge in [-0.1, -0.05) is 18.2 Å². The highest BCUT2D eigenvalue weighted by Gasteiger charge is 2.33. The number of aromatic nitrogens is 1. The van der Waals surface area contributed by atoms with Crippen molar-refractivity contribution in [2.45, 2.75) is 23.7 Å². The lowest BCUT2D eigenvalue weighted by atomic mass is 9.90. The number of para-hydroxylation sites is 1. The van der Waals surface area contributed by atoms with Crippen molar-refractivity contribution in [2.24, 2.45) is 0 Å². The maximum atomic E-state index is 13.1. The molecule has 3 heterocycles. The summed E-state index contributed by atoms with van der Waals surface area (Å²) in [5, 5.41) is 3.37. The van der Waals surface area contributed by atoms with Crippen LogP contribution in [0.15, 0.2) is 53.6 Å². The highest BCUT2D eigenvalue weighted by Crippen LogP contribution is 2.35. The number of nitrogens with zero attached hydrogens (tertiary/aromatic N) is 1. The van der Waals surface area contributed by atoms with Crippen LogP contribution in [-0.4, -0.2) is 42.6 Å². The fourth-order valence-electron chi connectivity index (χ4n) is 4.30. The minimum Gasteiger partial charge on any atom is -0.361 e. The largest absolute Gasteiger partial charge is 0.361 e. The number of imide groups is 1. The van der Waals surface area contributed by atoms with Crippen molar-refractivity contribution in [1.29, 1.82) is 0 Å². The zero-order chi connectivity index (χ0) is 20.2. The van der Waals surface area contributed by atoms with Crippen LogP contribution < -0.4 is 5.32 Å². The summed E-state index contributed by atoms with van der Waals surface area (Å²) in [6.07, 6.45) is 3.48. The Kier molecular flexibility index (Phi) is 4.07. The molecule has 29 heavy (non-hydrogen) atoms. The molecule has 3 aromatic rings. The van der Waals surface area contributed by atoms with Crippen LogP contribution in [0.1, 0.15) is 45.0 Å². The van der Waals surface area contributed by atoms with Crippen LogP contribution >= 0.6 is 0 Å². The Morgan fingerprint density at radius 2 is 1.66 bits per heavy atom. The summed E-state index contributed by atoms with van der Waals surface area (Å²) in [5.41, 5.74) is 2.64. The number of hydrogen-bond acceptors (Lipinski definition) is 4. The number of sulfonamides is 1. The molecule has 8 heteroatoms. The quantitative estimate of drug-likeness (QED) is 0.650. The van der Waals surface area contributed by atoms with E-state index < -0.39 is 21.8 Å². The molecule has 2 amide bonds. The average Bonchev–Trinajstić information content (AvgIpc) is 3.29. The third-order valence-electron chi connectivity index (χ3n) is 5.86. The zero-order valence-corrected chi connectivity index (χ0v) is 16.3. The van der Waals surface area contributed by atoms with Crippen molar-refractivity contribution < 1.29 is 18.0 Å². The molecule has 148 valence electrons. The Hall–Kier alpha value is -2.97. The first-order valence-corrected chi connectivity index (χ1v) is 10.9. The number of hydrogen-bond donors (Lipinski definition) is 2. The summed E-state index contributed by atoms with van der Waals surface area (Å²) < 4.78 is 27.6. The number of piperidine rings is 1. The fraction of sp³-hybridized carbons (Fsp3) is 0.238. The molecule has 2 N–H and O–H groups in total. The molecule has 0 aliphatic carbocycles. The first kappa shape index (κ1) is 18.1. The molecule has 0 atom stereocenters. The van der Waals surface area contributed by atoms with Crippen LogP contribution in [0, 0.1) is 0 Å². The third-order valence-corrected chi connectivity index (χ3v) is 7.75. The molecule has 1 saturated heterocycles.